The number of ether oxygens (including phenoxy) is 2. The topological polar surface area (TPSA) is 89.5 Å². The maximum Gasteiger partial charge on any atom is 0.276 e. The van der Waals surface area contributed by atoms with E-state index >= 15 is 0 Å². The number of rotatable bonds is 7. The molecule has 0 aliphatic carbocycles. The molecule has 0 aliphatic heterocycles. The number of hydrogen-bond acceptors (Lipinski definition) is 6. The van der Waals surface area contributed by atoms with Gasteiger partial charge in [-0.3, -0.25) is 20.4 Å². The molecule has 3 rings (SSSR count). The van der Waals surface area contributed by atoms with E-state index in [4.69, 9.17) is 9.47 Å². The van der Waals surface area contributed by atoms with Gasteiger partial charge in [-0.1, -0.05) is 42.1 Å². The molecule has 0 unspecified atom stereocenters. The first-order valence-corrected chi connectivity index (χ1v) is 9.52. The van der Waals surface area contributed by atoms with Crippen LogP contribution >= 0.6 is 11.8 Å². The standard InChI is InChI=1S/C21H19N3O4S/c1-27-17-11-5-6-12-18(17)28-14-19(25)23-24-20(26)16-10-7-13-22-21(16)29-15-8-3-2-4-9-15/h2-13H,14H2,1H3,(H,23,25)(H,24,26). The van der Waals surface area contributed by atoms with E-state index in [1.807, 2.05) is 30.3 Å². The van der Waals surface area contributed by atoms with Crippen molar-refractivity contribution in [2.24, 2.45) is 0 Å². The fraction of sp³-hybridized carbons (Fsp3) is 0.0952. The van der Waals surface area contributed by atoms with Crippen molar-refractivity contribution in [2.75, 3.05) is 13.7 Å². The van der Waals surface area contributed by atoms with Crippen LogP contribution in [0.15, 0.2) is 82.8 Å². The van der Waals surface area contributed by atoms with Crippen molar-refractivity contribution in [1.82, 2.24) is 15.8 Å². The van der Waals surface area contributed by atoms with Gasteiger partial charge in [0.05, 0.1) is 12.7 Å². The molecule has 2 aromatic carbocycles. The van der Waals surface area contributed by atoms with Gasteiger partial charge in [0.1, 0.15) is 5.03 Å². The Kier molecular flexibility index (Phi) is 7.07. The molecule has 8 heteroatoms. The molecule has 7 nitrogen and oxygen atoms in total. The maximum atomic E-state index is 12.5. The highest BCUT2D eigenvalue weighted by molar-refractivity contribution is 7.99. The van der Waals surface area contributed by atoms with Crippen molar-refractivity contribution in [3.05, 3.63) is 78.5 Å². The van der Waals surface area contributed by atoms with Crippen molar-refractivity contribution in [3.63, 3.8) is 0 Å². The minimum Gasteiger partial charge on any atom is -0.493 e. The lowest BCUT2D eigenvalue weighted by Crippen LogP contribution is -2.44. The Morgan fingerprint density at radius 3 is 2.41 bits per heavy atom. The highest BCUT2D eigenvalue weighted by Gasteiger charge is 2.14. The molecule has 0 saturated carbocycles. The van der Waals surface area contributed by atoms with Gasteiger partial charge in [0, 0.05) is 11.1 Å². The molecule has 0 aliphatic rings. The third-order valence-corrected chi connectivity index (χ3v) is 4.74. The predicted octanol–water partition coefficient (Wildman–Crippen LogP) is 3.08. The molecule has 2 amide bonds. The van der Waals surface area contributed by atoms with Crippen LogP contribution in [0.25, 0.3) is 0 Å². The van der Waals surface area contributed by atoms with E-state index in [9.17, 15) is 9.59 Å². The first-order valence-electron chi connectivity index (χ1n) is 8.70. The summed E-state index contributed by atoms with van der Waals surface area (Å²) in [5, 5.41) is 0.538. The minimum atomic E-state index is -0.509. The predicted molar refractivity (Wildman–Crippen MR) is 109 cm³/mol. The highest BCUT2D eigenvalue weighted by Crippen LogP contribution is 2.28. The Labute approximate surface area is 172 Å². The number of pyridine rings is 1. The van der Waals surface area contributed by atoms with E-state index < -0.39 is 11.8 Å². The van der Waals surface area contributed by atoms with Gasteiger partial charge in [-0.2, -0.15) is 0 Å². The summed E-state index contributed by atoms with van der Waals surface area (Å²) in [5.74, 6) is -0.0276. The summed E-state index contributed by atoms with van der Waals surface area (Å²) >= 11 is 1.37. The Hall–Kier alpha value is -3.52. The molecular formula is C21H19N3O4S. The third kappa shape index (κ3) is 5.73. The molecule has 0 saturated heterocycles. The number of carbonyl (C=O) groups is 2. The van der Waals surface area contributed by atoms with Crippen LogP contribution < -0.4 is 20.3 Å². The van der Waals surface area contributed by atoms with Crippen LogP contribution in [0.5, 0.6) is 11.5 Å². The molecule has 29 heavy (non-hydrogen) atoms. The zero-order valence-corrected chi connectivity index (χ0v) is 16.4. The summed E-state index contributed by atoms with van der Waals surface area (Å²) in [6, 6.07) is 19.9. The molecular weight excluding hydrogens is 390 g/mol. The summed E-state index contributed by atoms with van der Waals surface area (Å²) < 4.78 is 10.6. The van der Waals surface area contributed by atoms with Crippen LogP contribution in [0.1, 0.15) is 10.4 Å². The number of aromatic nitrogens is 1. The van der Waals surface area contributed by atoms with Crippen LogP contribution in [0.4, 0.5) is 0 Å². The lowest BCUT2D eigenvalue weighted by molar-refractivity contribution is -0.123. The van der Waals surface area contributed by atoms with Gasteiger partial charge in [-0.25, -0.2) is 4.98 Å². The summed E-state index contributed by atoms with van der Waals surface area (Å²) in [6.07, 6.45) is 1.61. The molecule has 0 fully saturated rings. The largest absolute Gasteiger partial charge is 0.493 e. The van der Waals surface area contributed by atoms with Crippen LogP contribution in [0.2, 0.25) is 0 Å². The Bertz CT molecular complexity index is 982. The molecule has 1 aromatic heterocycles. The zero-order valence-electron chi connectivity index (χ0n) is 15.6. The van der Waals surface area contributed by atoms with Crippen molar-refractivity contribution in [3.8, 4) is 11.5 Å². The van der Waals surface area contributed by atoms with Gasteiger partial charge in [-0.15, -0.1) is 0 Å². The second-order valence-electron chi connectivity index (χ2n) is 5.71. The van der Waals surface area contributed by atoms with Gasteiger partial charge < -0.3 is 9.47 Å². The van der Waals surface area contributed by atoms with E-state index in [0.717, 1.165) is 4.90 Å². The SMILES string of the molecule is COc1ccccc1OCC(=O)NNC(=O)c1cccnc1Sc1ccccc1. The Morgan fingerprint density at radius 2 is 1.66 bits per heavy atom. The van der Waals surface area contributed by atoms with E-state index in [1.165, 1.54) is 18.9 Å². The molecule has 1 heterocycles. The number of hydrazine groups is 1. The zero-order chi connectivity index (χ0) is 20.5. The summed E-state index contributed by atoms with van der Waals surface area (Å²) in [7, 11) is 1.52. The van der Waals surface area contributed by atoms with E-state index in [-0.39, 0.29) is 6.61 Å². The maximum absolute atomic E-state index is 12.5. The van der Waals surface area contributed by atoms with Gasteiger partial charge in [0.15, 0.2) is 18.1 Å². The van der Waals surface area contributed by atoms with E-state index in [2.05, 4.69) is 15.8 Å². The van der Waals surface area contributed by atoms with Crippen LogP contribution in [-0.2, 0) is 4.79 Å². The van der Waals surface area contributed by atoms with Crippen molar-refractivity contribution < 1.29 is 19.1 Å². The number of amides is 2. The van der Waals surface area contributed by atoms with Crippen LogP contribution in [0, 0.1) is 0 Å². The summed E-state index contributed by atoms with van der Waals surface area (Å²) in [6.45, 7) is -0.278. The molecule has 3 aromatic rings. The lowest BCUT2D eigenvalue weighted by Gasteiger charge is -2.12. The quantitative estimate of drug-likeness (QED) is 0.583. The number of carbonyl (C=O) groups excluding carboxylic acids is 2. The summed E-state index contributed by atoms with van der Waals surface area (Å²) in [5.41, 5.74) is 5.08. The number of para-hydroxylation sites is 2. The monoisotopic (exact) mass is 409 g/mol. The van der Waals surface area contributed by atoms with Crippen molar-refractivity contribution >= 4 is 23.6 Å². The lowest BCUT2D eigenvalue weighted by atomic mass is 10.3. The Balaban J connectivity index is 1.56. The molecule has 0 radical (unpaired) electrons. The summed E-state index contributed by atoms with van der Waals surface area (Å²) in [4.78, 5) is 29.7. The van der Waals surface area contributed by atoms with Gasteiger partial charge in [-0.05, 0) is 36.4 Å². The highest BCUT2D eigenvalue weighted by atomic mass is 32.2. The third-order valence-electron chi connectivity index (χ3n) is 3.72. The Morgan fingerprint density at radius 1 is 0.931 bits per heavy atom. The van der Waals surface area contributed by atoms with Crippen LogP contribution in [-0.4, -0.2) is 30.5 Å². The molecule has 0 spiro atoms. The first-order chi connectivity index (χ1) is 14.2. The molecule has 0 bridgehead atoms. The fourth-order valence-corrected chi connectivity index (χ4v) is 3.26. The second-order valence-corrected chi connectivity index (χ2v) is 6.78. The van der Waals surface area contributed by atoms with Gasteiger partial charge in [0.2, 0.25) is 0 Å². The number of nitrogens with one attached hydrogen (secondary N) is 2. The second kappa shape index (κ2) is 10.1. The molecule has 0 atom stereocenters. The van der Waals surface area contributed by atoms with Crippen molar-refractivity contribution in [1.29, 1.82) is 0 Å². The normalized spacial score (nSPS) is 10.1. The fourth-order valence-electron chi connectivity index (χ4n) is 2.36. The van der Waals surface area contributed by atoms with E-state index in [1.54, 1.807) is 42.6 Å². The number of hydrogen-bond donors (Lipinski definition) is 2. The minimum absolute atomic E-state index is 0.278. The van der Waals surface area contributed by atoms with E-state index in [0.29, 0.717) is 22.1 Å². The average molecular weight is 409 g/mol. The number of benzene rings is 2. The molecule has 2 N–H and O–H groups in total. The molecule has 148 valence electrons. The van der Waals surface area contributed by atoms with Gasteiger partial charge >= 0.3 is 0 Å². The smallest absolute Gasteiger partial charge is 0.276 e. The average Bonchev–Trinajstić information content (AvgIpc) is 2.77. The number of nitrogens with zero attached hydrogens (tertiary/aromatic N) is 1. The van der Waals surface area contributed by atoms with Gasteiger partial charge in [0.25, 0.3) is 11.8 Å². The number of methoxy groups -OCH3 is 1. The first kappa shape index (κ1) is 20.2. The van der Waals surface area contributed by atoms with Crippen molar-refractivity contribution in [2.45, 2.75) is 9.92 Å². The van der Waals surface area contributed by atoms with Crippen LogP contribution in [0.3, 0.4) is 0 Å².